The Morgan fingerprint density at radius 2 is 1.36 bits per heavy atom. The number of hydrogen-bond acceptors (Lipinski definition) is 2. The molecule has 2 nitrogen and oxygen atoms in total. The lowest BCUT2D eigenvalue weighted by Gasteiger charge is -2.00. The third-order valence-corrected chi connectivity index (χ3v) is 3.46. The number of esters is 1. The van der Waals surface area contributed by atoms with Crippen molar-refractivity contribution in [1.29, 1.82) is 0 Å². The van der Waals surface area contributed by atoms with Gasteiger partial charge in [0, 0.05) is 6.08 Å². The van der Waals surface area contributed by atoms with Gasteiger partial charge in [0.25, 0.3) is 0 Å². The van der Waals surface area contributed by atoms with Gasteiger partial charge in [-0.25, -0.2) is 4.79 Å². The molecule has 0 fully saturated rings. The molecular formula is C20H34O2. The molecule has 0 heterocycles. The maximum atomic E-state index is 11.0. The van der Waals surface area contributed by atoms with E-state index in [-0.39, 0.29) is 5.97 Å². The van der Waals surface area contributed by atoms with Gasteiger partial charge in [-0.05, 0) is 19.8 Å². The van der Waals surface area contributed by atoms with Gasteiger partial charge >= 0.3 is 5.97 Å². The zero-order valence-electron chi connectivity index (χ0n) is 14.6. The Labute approximate surface area is 137 Å². The van der Waals surface area contributed by atoms with E-state index in [2.05, 4.69) is 13.0 Å². The van der Waals surface area contributed by atoms with Gasteiger partial charge in [0.2, 0.25) is 0 Å². The topological polar surface area (TPSA) is 26.3 Å². The van der Waals surface area contributed by atoms with Gasteiger partial charge in [-0.2, -0.15) is 0 Å². The van der Waals surface area contributed by atoms with Crippen LogP contribution in [0.5, 0.6) is 0 Å². The minimum atomic E-state index is -0.286. The molecule has 0 N–H and O–H groups in total. The highest BCUT2D eigenvalue weighted by molar-refractivity contribution is 5.82. The molecule has 0 bridgehead atoms. The zero-order valence-corrected chi connectivity index (χ0v) is 14.6. The van der Waals surface area contributed by atoms with Gasteiger partial charge in [-0.15, -0.1) is 0 Å². The molecule has 0 saturated carbocycles. The highest BCUT2D eigenvalue weighted by Crippen LogP contribution is 2.10. The zero-order chi connectivity index (χ0) is 16.3. The molecule has 0 radical (unpaired) electrons. The lowest BCUT2D eigenvalue weighted by Crippen LogP contribution is -1.98. The van der Waals surface area contributed by atoms with E-state index in [0.29, 0.717) is 6.61 Å². The van der Waals surface area contributed by atoms with E-state index in [1.165, 1.54) is 63.9 Å². The van der Waals surface area contributed by atoms with Crippen molar-refractivity contribution in [2.75, 3.05) is 6.61 Å². The Hall–Kier alpha value is -1.31. The Morgan fingerprint density at radius 3 is 2.00 bits per heavy atom. The summed E-state index contributed by atoms with van der Waals surface area (Å²) in [5.41, 5.74) is 0. The molecule has 0 spiro atoms. The van der Waals surface area contributed by atoms with Gasteiger partial charge in [0.1, 0.15) is 0 Å². The molecule has 22 heavy (non-hydrogen) atoms. The van der Waals surface area contributed by atoms with Crippen molar-refractivity contribution in [3.05, 3.63) is 36.5 Å². The summed E-state index contributed by atoms with van der Waals surface area (Å²) in [4.78, 5) is 11.0. The van der Waals surface area contributed by atoms with Crippen LogP contribution in [0.2, 0.25) is 0 Å². The van der Waals surface area contributed by atoms with Crippen molar-refractivity contribution in [2.24, 2.45) is 0 Å². The molecule has 0 aromatic rings. The number of unbranched alkanes of at least 4 members (excludes halogenated alkanes) is 9. The molecule has 0 rings (SSSR count). The minimum absolute atomic E-state index is 0.286. The normalized spacial score (nSPS) is 11.9. The summed E-state index contributed by atoms with van der Waals surface area (Å²) >= 11 is 0. The summed E-state index contributed by atoms with van der Waals surface area (Å²) in [6, 6.07) is 0. The maximum Gasteiger partial charge on any atom is 0.330 e. The lowest BCUT2D eigenvalue weighted by molar-refractivity contribution is -0.137. The second-order valence-electron chi connectivity index (χ2n) is 5.54. The largest absolute Gasteiger partial charge is 0.463 e. The quantitative estimate of drug-likeness (QED) is 0.167. The first-order chi connectivity index (χ1) is 10.8. The van der Waals surface area contributed by atoms with Crippen molar-refractivity contribution < 1.29 is 9.53 Å². The number of ether oxygens (including phenoxy) is 1. The summed E-state index contributed by atoms with van der Waals surface area (Å²) in [5, 5.41) is 0. The number of rotatable bonds is 14. The van der Waals surface area contributed by atoms with E-state index in [1.807, 2.05) is 18.2 Å². The highest BCUT2D eigenvalue weighted by Gasteiger charge is 1.91. The van der Waals surface area contributed by atoms with Crippen LogP contribution in [0.15, 0.2) is 36.5 Å². The number of carbonyl (C=O) groups is 1. The minimum Gasteiger partial charge on any atom is -0.463 e. The molecule has 0 aliphatic rings. The van der Waals surface area contributed by atoms with Gasteiger partial charge in [0.05, 0.1) is 6.61 Å². The van der Waals surface area contributed by atoms with Gasteiger partial charge in [0.15, 0.2) is 0 Å². The van der Waals surface area contributed by atoms with Crippen molar-refractivity contribution in [1.82, 2.24) is 0 Å². The van der Waals surface area contributed by atoms with Crippen molar-refractivity contribution in [2.45, 2.75) is 78.1 Å². The number of allylic oxidation sites excluding steroid dienone is 5. The average Bonchev–Trinajstić information content (AvgIpc) is 2.51. The summed E-state index contributed by atoms with van der Waals surface area (Å²) in [7, 11) is 0. The van der Waals surface area contributed by atoms with Crippen molar-refractivity contribution >= 4 is 5.97 Å². The second-order valence-corrected chi connectivity index (χ2v) is 5.54. The molecule has 126 valence electrons. The molecular weight excluding hydrogens is 272 g/mol. The van der Waals surface area contributed by atoms with E-state index in [4.69, 9.17) is 4.74 Å². The predicted molar refractivity (Wildman–Crippen MR) is 95.9 cm³/mol. The van der Waals surface area contributed by atoms with Gasteiger partial charge in [-0.1, -0.05) is 88.7 Å². The molecule has 2 heteroatoms. The molecule has 0 amide bonds. The van der Waals surface area contributed by atoms with Crippen LogP contribution in [-0.2, 0) is 9.53 Å². The van der Waals surface area contributed by atoms with Crippen molar-refractivity contribution in [3.63, 3.8) is 0 Å². The first-order valence-corrected chi connectivity index (χ1v) is 8.97. The third kappa shape index (κ3) is 16.7. The molecule has 0 saturated heterocycles. The number of hydrogen-bond donors (Lipinski definition) is 0. The van der Waals surface area contributed by atoms with Gasteiger partial charge in [-0.3, -0.25) is 0 Å². The highest BCUT2D eigenvalue weighted by atomic mass is 16.5. The maximum absolute atomic E-state index is 11.0. The molecule has 0 aromatic carbocycles. The van der Waals surface area contributed by atoms with E-state index in [1.54, 1.807) is 13.0 Å². The summed E-state index contributed by atoms with van der Waals surface area (Å²) in [5.74, 6) is -0.286. The smallest absolute Gasteiger partial charge is 0.330 e. The molecule has 0 unspecified atom stereocenters. The first kappa shape index (κ1) is 20.7. The Morgan fingerprint density at radius 1 is 0.773 bits per heavy atom. The first-order valence-electron chi connectivity index (χ1n) is 8.97. The van der Waals surface area contributed by atoms with Crippen LogP contribution in [0.3, 0.4) is 0 Å². The van der Waals surface area contributed by atoms with Crippen LogP contribution < -0.4 is 0 Å². The third-order valence-electron chi connectivity index (χ3n) is 3.46. The molecule has 0 aliphatic carbocycles. The summed E-state index contributed by atoms with van der Waals surface area (Å²) in [6.45, 7) is 4.49. The van der Waals surface area contributed by atoms with Crippen LogP contribution in [0.25, 0.3) is 0 Å². The standard InChI is InChI=1S/C20H34O2/c1-3-5-6-7-8-9-10-11-12-13-14-15-16-17-18-19-20(21)22-4-2/h14-19H,3-13H2,1-2H3/b15-14+,17-16?,19-18?. The van der Waals surface area contributed by atoms with Crippen LogP contribution >= 0.6 is 0 Å². The summed E-state index contributed by atoms with van der Waals surface area (Å²) < 4.78 is 4.78. The van der Waals surface area contributed by atoms with Crippen LogP contribution in [0.4, 0.5) is 0 Å². The predicted octanol–water partition coefficient (Wildman–Crippen LogP) is 6.14. The molecule has 0 aliphatic heterocycles. The fourth-order valence-corrected chi connectivity index (χ4v) is 2.20. The lowest BCUT2D eigenvalue weighted by atomic mass is 10.1. The average molecular weight is 306 g/mol. The summed E-state index contributed by atoms with van der Waals surface area (Å²) in [6.07, 6.45) is 24.7. The monoisotopic (exact) mass is 306 g/mol. The Bertz CT molecular complexity index is 327. The molecule has 0 atom stereocenters. The Kier molecular flexibility index (Phi) is 16.7. The van der Waals surface area contributed by atoms with E-state index in [0.717, 1.165) is 6.42 Å². The fraction of sp³-hybridized carbons (Fsp3) is 0.650. The van der Waals surface area contributed by atoms with Crippen LogP contribution in [0, 0.1) is 0 Å². The van der Waals surface area contributed by atoms with Crippen LogP contribution in [0.1, 0.15) is 78.1 Å². The number of carbonyl (C=O) groups excluding carboxylic acids is 1. The Balaban J connectivity index is 3.35. The van der Waals surface area contributed by atoms with Crippen molar-refractivity contribution in [3.8, 4) is 0 Å². The van der Waals surface area contributed by atoms with Gasteiger partial charge < -0.3 is 4.74 Å². The SMILES string of the molecule is CCCCCCCCCCC/C=C/C=CC=CC(=O)OCC. The van der Waals surface area contributed by atoms with E-state index in [9.17, 15) is 4.79 Å². The molecule has 0 aromatic heterocycles. The van der Waals surface area contributed by atoms with Crippen LogP contribution in [-0.4, -0.2) is 12.6 Å². The fourth-order valence-electron chi connectivity index (χ4n) is 2.20. The second kappa shape index (κ2) is 17.7. The van der Waals surface area contributed by atoms with E-state index >= 15 is 0 Å². The van der Waals surface area contributed by atoms with E-state index < -0.39 is 0 Å².